The third-order valence-electron chi connectivity index (χ3n) is 3.89. The molecule has 0 spiro atoms. The summed E-state index contributed by atoms with van der Waals surface area (Å²) < 4.78 is 34.6. The van der Waals surface area contributed by atoms with Crippen LogP contribution in [0, 0.1) is 0 Å². The lowest BCUT2D eigenvalue weighted by molar-refractivity contribution is -0.0511. The smallest absolute Gasteiger partial charge is 0.387 e. The highest BCUT2D eigenvalue weighted by Gasteiger charge is 2.15. The number of halogens is 2. The van der Waals surface area contributed by atoms with Crippen LogP contribution in [0.5, 0.6) is 11.5 Å². The first-order valence-corrected chi connectivity index (χ1v) is 8.17. The highest BCUT2D eigenvalue weighted by atomic mass is 19.3. The number of methoxy groups -OCH3 is 1. The number of rotatable bonds is 6. The Morgan fingerprint density at radius 1 is 0.926 bits per heavy atom. The molecule has 3 aromatic rings. The van der Waals surface area contributed by atoms with Gasteiger partial charge >= 0.3 is 6.61 Å². The molecule has 0 aliphatic heterocycles. The van der Waals surface area contributed by atoms with E-state index in [-0.39, 0.29) is 17.4 Å². The zero-order chi connectivity index (χ0) is 19.2. The lowest BCUT2D eigenvalue weighted by Gasteiger charge is -2.13. The van der Waals surface area contributed by atoms with Gasteiger partial charge in [0.2, 0.25) is 0 Å². The predicted molar refractivity (Wildman–Crippen MR) is 99.5 cm³/mol. The second kappa shape index (κ2) is 8.31. The fourth-order valence-electron chi connectivity index (χ4n) is 2.69. The maximum atomic E-state index is 12.8. The Bertz CT molecular complexity index is 930. The zero-order valence-corrected chi connectivity index (χ0v) is 14.5. The minimum atomic E-state index is -3.00. The predicted octanol–water partition coefficient (Wildman–Crippen LogP) is 5.22. The summed E-state index contributed by atoms with van der Waals surface area (Å²) in [4.78, 5) is 12.8. The van der Waals surface area contributed by atoms with Crippen LogP contribution >= 0.6 is 0 Å². The lowest BCUT2D eigenvalue weighted by atomic mass is 9.99. The average Bonchev–Trinajstić information content (AvgIpc) is 2.68. The minimum Gasteiger partial charge on any atom is -0.493 e. The number of anilines is 1. The molecule has 3 aromatic carbocycles. The summed E-state index contributed by atoms with van der Waals surface area (Å²) in [6.45, 7) is -3.00. The van der Waals surface area contributed by atoms with Crippen LogP contribution in [0.1, 0.15) is 10.4 Å². The van der Waals surface area contributed by atoms with Crippen molar-refractivity contribution < 1.29 is 23.0 Å². The van der Waals surface area contributed by atoms with Gasteiger partial charge in [-0.15, -0.1) is 0 Å². The number of carbonyl (C=O) groups excluding carboxylic acids is 1. The maximum Gasteiger partial charge on any atom is 0.387 e. The molecule has 138 valence electrons. The number of benzene rings is 3. The van der Waals surface area contributed by atoms with Gasteiger partial charge in [0.25, 0.3) is 5.91 Å². The normalized spacial score (nSPS) is 10.5. The zero-order valence-electron chi connectivity index (χ0n) is 14.5. The quantitative estimate of drug-likeness (QED) is 0.648. The van der Waals surface area contributed by atoms with Crippen LogP contribution < -0.4 is 14.8 Å². The van der Waals surface area contributed by atoms with E-state index in [2.05, 4.69) is 10.1 Å². The monoisotopic (exact) mass is 369 g/mol. The third kappa shape index (κ3) is 4.41. The Labute approximate surface area is 155 Å². The van der Waals surface area contributed by atoms with Gasteiger partial charge in [0.15, 0.2) is 11.5 Å². The second-order valence-corrected chi connectivity index (χ2v) is 5.61. The molecule has 0 saturated heterocycles. The molecule has 4 nitrogen and oxygen atoms in total. The molecule has 0 aliphatic rings. The van der Waals surface area contributed by atoms with E-state index in [0.29, 0.717) is 11.3 Å². The molecule has 1 N–H and O–H groups in total. The summed E-state index contributed by atoms with van der Waals surface area (Å²) in [7, 11) is 1.35. The van der Waals surface area contributed by atoms with E-state index < -0.39 is 6.61 Å². The molecule has 6 heteroatoms. The number of carbonyl (C=O) groups is 1. The molecule has 0 unspecified atom stereocenters. The highest BCUT2D eigenvalue weighted by molar-refractivity contribution is 6.08. The van der Waals surface area contributed by atoms with Crippen molar-refractivity contribution in [2.45, 2.75) is 6.61 Å². The van der Waals surface area contributed by atoms with Crippen molar-refractivity contribution in [3.8, 4) is 22.6 Å². The highest BCUT2D eigenvalue weighted by Crippen LogP contribution is 2.32. The SMILES string of the molecule is COc1ccc(NC(=O)c2ccccc2-c2ccccc2)cc1OC(F)F. The van der Waals surface area contributed by atoms with Crippen molar-refractivity contribution in [2.24, 2.45) is 0 Å². The number of hydrogen-bond donors (Lipinski definition) is 1. The van der Waals surface area contributed by atoms with Crippen LogP contribution in [0.25, 0.3) is 11.1 Å². The van der Waals surface area contributed by atoms with Crippen LogP contribution in [0.3, 0.4) is 0 Å². The molecule has 27 heavy (non-hydrogen) atoms. The Morgan fingerprint density at radius 2 is 1.63 bits per heavy atom. The molecule has 0 aliphatic carbocycles. The van der Waals surface area contributed by atoms with Crippen LogP contribution in [0.4, 0.5) is 14.5 Å². The molecular formula is C21H17F2NO3. The minimum absolute atomic E-state index is 0.151. The topological polar surface area (TPSA) is 47.6 Å². The van der Waals surface area contributed by atoms with Crippen molar-refractivity contribution >= 4 is 11.6 Å². The van der Waals surface area contributed by atoms with Gasteiger partial charge in [0.05, 0.1) is 7.11 Å². The molecule has 0 bridgehead atoms. The van der Waals surface area contributed by atoms with E-state index >= 15 is 0 Å². The fourth-order valence-corrected chi connectivity index (χ4v) is 2.69. The average molecular weight is 369 g/mol. The summed E-state index contributed by atoms with van der Waals surface area (Å²) in [6, 6.07) is 21.0. The van der Waals surface area contributed by atoms with E-state index in [9.17, 15) is 13.6 Å². The maximum absolute atomic E-state index is 12.8. The number of hydrogen-bond acceptors (Lipinski definition) is 3. The van der Waals surface area contributed by atoms with Crippen LogP contribution in [0.2, 0.25) is 0 Å². The Balaban J connectivity index is 1.89. The number of alkyl halides is 2. The fraction of sp³-hybridized carbons (Fsp3) is 0.0952. The van der Waals surface area contributed by atoms with Gasteiger partial charge in [0.1, 0.15) is 0 Å². The first-order valence-electron chi connectivity index (χ1n) is 8.17. The number of nitrogens with one attached hydrogen (secondary N) is 1. The Hall–Kier alpha value is -3.41. The summed E-state index contributed by atoms with van der Waals surface area (Å²) in [5.74, 6) is -0.359. The van der Waals surface area contributed by atoms with Crippen LogP contribution in [0.15, 0.2) is 72.8 Å². The van der Waals surface area contributed by atoms with Gasteiger partial charge in [-0.3, -0.25) is 4.79 Å². The van der Waals surface area contributed by atoms with Gasteiger partial charge in [-0.05, 0) is 29.3 Å². The van der Waals surface area contributed by atoms with E-state index in [0.717, 1.165) is 11.1 Å². The molecule has 0 heterocycles. The van der Waals surface area contributed by atoms with Crippen LogP contribution in [-0.2, 0) is 0 Å². The Morgan fingerprint density at radius 3 is 2.33 bits per heavy atom. The first kappa shape index (κ1) is 18.4. The number of amides is 1. The summed E-state index contributed by atoms with van der Waals surface area (Å²) in [5, 5.41) is 2.71. The van der Waals surface area contributed by atoms with Crippen molar-refractivity contribution in [1.82, 2.24) is 0 Å². The summed E-state index contributed by atoms with van der Waals surface area (Å²) in [5.41, 5.74) is 2.46. The van der Waals surface area contributed by atoms with Gasteiger partial charge < -0.3 is 14.8 Å². The standard InChI is InChI=1S/C21H17F2NO3/c1-26-18-12-11-15(13-19(18)27-21(22)23)24-20(25)17-10-6-5-9-16(17)14-7-3-2-4-8-14/h2-13,21H,1H3,(H,24,25). The summed E-state index contributed by atoms with van der Waals surface area (Å²) in [6.07, 6.45) is 0. The molecule has 3 rings (SSSR count). The van der Waals surface area contributed by atoms with Crippen molar-refractivity contribution in [1.29, 1.82) is 0 Å². The molecule has 0 saturated carbocycles. The molecule has 0 atom stereocenters. The van der Waals surface area contributed by atoms with Gasteiger partial charge in [-0.2, -0.15) is 8.78 Å². The first-order chi connectivity index (χ1) is 13.1. The lowest BCUT2D eigenvalue weighted by Crippen LogP contribution is -2.13. The summed E-state index contributed by atoms with van der Waals surface area (Å²) >= 11 is 0. The van der Waals surface area contributed by atoms with Crippen molar-refractivity contribution in [3.05, 3.63) is 78.4 Å². The molecule has 0 fully saturated rings. The van der Waals surface area contributed by atoms with Gasteiger partial charge in [0, 0.05) is 17.3 Å². The molecule has 0 aromatic heterocycles. The largest absolute Gasteiger partial charge is 0.493 e. The van der Waals surface area contributed by atoms with E-state index in [1.165, 1.54) is 19.2 Å². The van der Waals surface area contributed by atoms with Crippen LogP contribution in [-0.4, -0.2) is 19.6 Å². The van der Waals surface area contributed by atoms with Crippen molar-refractivity contribution in [3.63, 3.8) is 0 Å². The van der Waals surface area contributed by atoms with Gasteiger partial charge in [-0.25, -0.2) is 0 Å². The third-order valence-corrected chi connectivity index (χ3v) is 3.89. The van der Waals surface area contributed by atoms with E-state index in [1.807, 2.05) is 42.5 Å². The molecule has 1 amide bonds. The van der Waals surface area contributed by atoms with E-state index in [1.54, 1.807) is 18.2 Å². The van der Waals surface area contributed by atoms with E-state index in [4.69, 9.17) is 4.74 Å². The Kier molecular flexibility index (Phi) is 5.66. The van der Waals surface area contributed by atoms with Crippen molar-refractivity contribution in [2.75, 3.05) is 12.4 Å². The number of ether oxygens (including phenoxy) is 2. The van der Waals surface area contributed by atoms with Gasteiger partial charge in [-0.1, -0.05) is 48.5 Å². The second-order valence-electron chi connectivity index (χ2n) is 5.61. The molecule has 0 radical (unpaired) electrons. The molecular weight excluding hydrogens is 352 g/mol.